The Balaban J connectivity index is 2.59. The van der Waals surface area contributed by atoms with Crippen LogP contribution in [0.1, 0.15) is 13.3 Å². The number of Topliss-reactive ketones (excluding diaryl/α,β-unsaturated/α-hetero) is 1. The summed E-state index contributed by atoms with van der Waals surface area (Å²) in [6, 6.07) is 0. The van der Waals surface area contributed by atoms with Gasteiger partial charge in [0.15, 0.2) is 5.76 Å². The predicted molar refractivity (Wildman–Crippen MR) is 45.9 cm³/mol. The van der Waals surface area contributed by atoms with Gasteiger partial charge in [0.25, 0.3) is 0 Å². The van der Waals surface area contributed by atoms with Gasteiger partial charge in [-0.05, 0) is 13.0 Å². The summed E-state index contributed by atoms with van der Waals surface area (Å²) in [7, 11) is 0. The fourth-order valence-corrected chi connectivity index (χ4v) is 1.82. The van der Waals surface area contributed by atoms with E-state index in [-0.39, 0.29) is 10.8 Å². The first-order valence-electron chi connectivity index (χ1n) is 3.54. The molecule has 2 bridgehead atoms. The van der Waals surface area contributed by atoms with Crippen molar-refractivity contribution in [3.63, 3.8) is 0 Å². The largest absolute Gasteiger partial charge is 0.478 e. The molecule has 64 valence electrons. The van der Waals surface area contributed by atoms with Crippen LogP contribution in [0.25, 0.3) is 0 Å². The van der Waals surface area contributed by atoms with Crippen molar-refractivity contribution in [3.05, 3.63) is 21.9 Å². The predicted octanol–water partition coefficient (Wildman–Crippen LogP) is 2.32. The van der Waals surface area contributed by atoms with E-state index in [1.165, 1.54) is 0 Å². The Morgan fingerprint density at radius 1 is 1.58 bits per heavy atom. The number of hydrogen-bond donors (Lipinski definition) is 0. The molecule has 2 nitrogen and oxygen atoms in total. The number of carbonyl (C=O) groups is 1. The summed E-state index contributed by atoms with van der Waals surface area (Å²) in [5.41, 5.74) is -0.595. The van der Waals surface area contributed by atoms with E-state index >= 15 is 0 Å². The normalized spacial score (nSPS) is 33.6. The number of ether oxygens (including phenoxy) is 1. The number of allylic oxidation sites excluding steroid dienone is 1. The first-order valence-corrected chi connectivity index (χ1v) is 4.30. The third kappa shape index (κ3) is 0.852. The number of hydrogen-bond acceptors (Lipinski definition) is 2. The first-order chi connectivity index (χ1) is 5.54. The molecule has 0 radical (unpaired) electrons. The van der Waals surface area contributed by atoms with Crippen molar-refractivity contribution in [1.29, 1.82) is 0 Å². The number of carbonyl (C=O) groups excluding carboxylic acids is 1. The molecule has 1 atom stereocenters. The number of fused-ring (bicyclic) bond motifs is 2. The average Bonchev–Trinajstić information content (AvgIpc) is 2.41. The standard InChI is InChI=1S/C8H6Cl2O2/c1-8-3-2-4(12-8)6(11)5(9)7(8)10/h2H,3H2,1H3/t8-/m0/s1. The van der Waals surface area contributed by atoms with Crippen molar-refractivity contribution in [2.24, 2.45) is 0 Å². The molecule has 0 N–H and O–H groups in total. The van der Waals surface area contributed by atoms with Crippen LogP contribution in [0.15, 0.2) is 21.9 Å². The molecule has 4 heteroatoms. The highest BCUT2D eigenvalue weighted by atomic mass is 35.5. The van der Waals surface area contributed by atoms with Crippen LogP contribution in [-0.4, -0.2) is 11.4 Å². The molecule has 2 aliphatic rings. The van der Waals surface area contributed by atoms with Gasteiger partial charge in [-0.1, -0.05) is 23.2 Å². The van der Waals surface area contributed by atoms with Gasteiger partial charge in [-0.15, -0.1) is 0 Å². The monoisotopic (exact) mass is 204 g/mol. The molecular weight excluding hydrogens is 199 g/mol. The van der Waals surface area contributed by atoms with Gasteiger partial charge in [0.1, 0.15) is 10.6 Å². The van der Waals surface area contributed by atoms with Gasteiger partial charge in [0, 0.05) is 6.42 Å². The van der Waals surface area contributed by atoms with Crippen LogP contribution >= 0.6 is 23.2 Å². The highest BCUT2D eigenvalue weighted by molar-refractivity contribution is 6.51. The Hall–Kier alpha value is -0.470. The van der Waals surface area contributed by atoms with E-state index < -0.39 is 5.60 Å². The molecular formula is C8H6Cl2O2. The Kier molecular flexibility index (Phi) is 1.54. The van der Waals surface area contributed by atoms with E-state index in [2.05, 4.69) is 0 Å². The third-order valence-electron chi connectivity index (χ3n) is 2.09. The van der Waals surface area contributed by atoms with Crippen molar-refractivity contribution in [2.75, 3.05) is 0 Å². The number of halogens is 2. The Labute approximate surface area is 79.8 Å². The van der Waals surface area contributed by atoms with Crippen LogP contribution in [0.3, 0.4) is 0 Å². The zero-order valence-electron chi connectivity index (χ0n) is 6.36. The van der Waals surface area contributed by atoms with E-state index in [1.807, 2.05) is 6.92 Å². The summed E-state index contributed by atoms with van der Waals surface area (Å²) < 4.78 is 5.32. The second-order valence-corrected chi connectivity index (χ2v) is 3.82. The van der Waals surface area contributed by atoms with Crippen LogP contribution in [-0.2, 0) is 9.53 Å². The van der Waals surface area contributed by atoms with Crippen molar-refractivity contribution in [3.8, 4) is 0 Å². The molecule has 0 aromatic carbocycles. The van der Waals surface area contributed by atoms with Gasteiger partial charge in [-0.25, -0.2) is 0 Å². The molecule has 12 heavy (non-hydrogen) atoms. The van der Waals surface area contributed by atoms with Crippen LogP contribution in [0, 0.1) is 0 Å². The maximum absolute atomic E-state index is 11.3. The second kappa shape index (κ2) is 2.27. The zero-order valence-corrected chi connectivity index (χ0v) is 7.87. The molecule has 2 heterocycles. The minimum atomic E-state index is -0.595. The molecule has 0 unspecified atom stereocenters. The van der Waals surface area contributed by atoms with E-state index in [0.29, 0.717) is 17.2 Å². The van der Waals surface area contributed by atoms with Crippen molar-refractivity contribution < 1.29 is 9.53 Å². The van der Waals surface area contributed by atoms with Crippen LogP contribution in [0.4, 0.5) is 0 Å². The molecule has 0 aliphatic carbocycles. The summed E-state index contributed by atoms with van der Waals surface area (Å²) in [6.45, 7) is 1.81. The zero-order chi connectivity index (χ0) is 8.93. The minimum absolute atomic E-state index is 0.0918. The second-order valence-electron chi connectivity index (χ2n) is 3.06. The molecule has 0 aromatic rings. The van der Waals surface area contributed by atoms with E-state index in [9.17, 15) is 4.79 Å². The Bertz CT molecular complexity index is 330. The molecule has 0 aromatic heterocycles. The number of ketones is 1. The first kappa shape index (κ1) is 8.14. The fraction of sp³-hybridized carbons (Fsp3) is 0.375. The lowest BCUT2D eigenvalue weighted by atomic mass is 10.0. The summed E-state index contributed by atoms with van der Waals surface area (Å²) >= 11 is 11.6. The maximum Gasteiger partial charge on any atom is 0.239 e. The van der Waals surface area contributed by atoms with E-state index in [1.54, 1.807) is 6.08 Å². The maximum atomic E-state index is 11.3. The molecule has 2 aliphatic heterocycles. The molecule has 0 amide bonds. The highest BCUT2D eigenvalue weighted by Crippen LogP contribution is 2.44. The minimum Gasteiger partial charge on any atom is -0.478 e. The average molecular weight is 205 g/mol. The quantitative estimate of drug-likeness (QED) is 0.606. The summed E-state index contributed by atoms with van der Waals surface area (Å²) in [5.74, 6) is 0.0172. The lowest BCUT2D eigenvalue weighted by molar-refractivity contribution is -0.117. The molecule has 0 saturated carbocycles. The van der Waals surface area contributed by atoms with Gasteiger partial charge in [-0.3, -0.25) is 4.79 Å². The fourth-order valence-electron chi connectivity index (χ4n) is 1.33. The van der Waals surface area contributed by atoms with E-state index in [4.69, 9.17) is 27.9 Å². The van der Waals surface area contributed by atoms with Gasteiger partial charge in [-0.2, -0.15) is 0 Å². The molecule has 0 saturated heterocycles. The topological polar surface area (TPSA) is 26.3 Å². The lowest BCUT2D eigenvalue weighted by Gasteiger charge is -2.28. The van der Waals surface area contributed by atoms with Gasteiger partial charge in [0.2, 0.25) is 5.78 Å². The third-order valence-corrected chi connectivity index (χ3v) is 3.14. The van der Waals surface area contributed by atoms with Gasteiger partial charge >= 0.3 is 0 Å². The molecule has 0 spiro atoms. The van der Waals surface area contributed by atoms with Crippen molar-refractivity contribution in [1.82, 2.24) is 0 Å². The summed E-state index contributed by atoms with van der Waals surface area (Å²) in [4.78, 5) is 11.3. The van der Waals surface area contributed by atoms with Crippen LogP contribution in [0.5, 0.6) is 0 Å². The summed E-state index contributed by atoms with van der Waals surface area (Å²) in [5, 5.41) is 0.404. The van der Waals surface area contributed by atoms with Gasteiger partial charge < -0.3 is 4.74 Å². The Morgan fingerprint density at radius 2 is 2.25 bits per heavy atom. The number of rotatable bonds is 0. The van der Waals surface area contributed by atoms with Crippen LogP contribution in [0.2, 0.25) is 0 Å². The van der Waals surface area contributed by atoms with Crippen LogP contribution < -0.4 is 0 Å². The Morgan fingerprint density at radius 3 is 2.92 bits per heavy atom. The van der Waals surface area contributed by atoms with Crippen molar-refractivity contribution in [2.45, 2.75) is 18.9 Å². The lowest BCUT2D eigenvalue weighted by Crippen LogP contribution is -2.30. The smallest absolute Gasteiger partial charge is 0.239 e. The SMILES string of the molecule is C[C@@]12CC=C(O1)C(=O)C(Cl)=C2Cl. The highest BCUT2D eigenvalue weighted by Gasteiger charge is 2.44. The van der Waals surface area contributed by atoms with Gasteiger partial charge in [0.05, 0.1) is 5.03 Å². The molecule has 0 fully saturated rings. The molecule has 2 rings (SSSR count). The summed E-state index contributed by atoms with van der Waals surface area (Å²) in [6.07, 6.45) is 2.34. The van der Waals surface area contributed by atoms with E-state index in [0.717, 1.165) is 0 Å². The van der Waals surface area contributed by atoms with Crippen molar-refractivity contribution >= 4 is 29.0 Å².